The van der Waals surface area contributed by atoms with Crippen molar-refractivity contribution in [3.63, 3.8) is 0 Å². The lowest BCUT2D eigenvalue weighted by molar-refractivity contribution is 0.669. The van der Waals surface area contributed by atoms with Gasteiger partial charge in [0.15, 0.2) is 17.5 Å². The normalized spacial score (nSPS) is 11.6. The molecule has 0 fully saturated rings. The Kier molecular flexibility index (Phi) is 8.87. The van der Waals surface area contributed by atoms with E-state index in [0.29, 0.717) is 17.5 Å². The van der Waals surface area contributed by atoms with Crippen LogP contribution in [0.4, 0.5) is 0 Å². The highest BCUT2D eigenvalue weighted by Gasteiger charge is 2.20. The number of hydrogen-bond donors (Lipinski definition) is 0. The number of aryl methyl sites for hydroxylation is 1. The summed E-state index contributed by atoms with van der Waals surface area (Å²) < 4.78 is 8.90. The third kappa shape index (κ3) is 6.28. The number of aromatic nitrogens is 4. The quantitative estimate of drug-likeness (QED) is 0.161. The smallest absolute Gasteiger partial charge is 0.164 e. The lowest BCUT2D eigenvalue weighted by Gasteiger charge is -2.15. The third-order valence-electron chi connectivity index (χ3n) is 12.6. The average Bonchev–Trinajstić information content (AvgIpc) is 3.90. The van der Waals surface area contributed by atoms with Crippen molar-refractivity contribution < 1.29 is 4.42 Å². The molecule has 0 bridgehead atoms. The van der Waals surface area contributed by atoms with Crippen molar-refractivity contribution in [2.75, 3.05) is 0 Å². The van der Waals surface area contributed by atoms with Crippen LogP contribution in [0.25, 0.3) is 117 Å². The first-order valence-electron chi connectivity index (χ1n) is 21.7. The van der Waals surface area contributed by atoms with Gasteiger partial charge in [-0.15, -0.1) is 0 Å². The zero-order valence-electron chi connectivity index (χ0n) is 35.3. The number of benzene rings is 9. The minimum atomic E-state index is 0.597. The molecule has 0 saturated carbocycles. The van der Waals surface area contributed by atoms with Crippen LogP contribution in [0.3, 0.4) is 0 Å². The van der Waals surface area contributed by atoms with Gasteiger partial charge in [0.1, 0.15) is 11.2 Å². The van der Waals surface area contributed by atoms with Gasteiger partial charge in [0.05, 0.1) is 11.0 Å². The first kappa shape index (κ1) is 37.4. The highest BCUT2D eigenvalue weighted by Crippen LogP contribution is 2.41. The van der Waals surface area contributed by atoms with Gasteiger partial charge in [-0.25, -0.2) is 15.0 Å². The van der Waals surface area contributed by atoms with E-state index in [0.717, 1.165) is 61.0 Å². The van der Waals surface area contributed by atoms with Crippen LogP contribution < -0.4 is 0 Å². The number of furan rings is 1. The van der Waals surface area contributed by atoms with Crippen molar-refractivity contribution in [2.24, 2.45) is 0 Å². The molecule has 3 heterocycles. The molecular formula is C59H40N4O. The molecule has 9 aromatic carbocycles. The highest BCUT2D eigenvalue weighted by molar-refractivity contribution is 6.14. The van der Waals surface area contributed by atoms with Gasteiger partial charge >= 0.3 is 0 Å². The molecule has 0 N–H and O–H groups in total. The van der Waals surface area contributed by atoms with Crippen molar-refractivity contribution >= 4 is 43.7 Å². The molecule has 302 valence electrons. The fraction of sp³-hybridized carbons (Fsp3) is 0.0339. The number of rotatable bonds is 7. The molecule has 3 aromatic heterocycles. The predicted molar refractivity (Wildman–Crippen MR) is 264 cm³/mol. The maximum absolute atomic E-state index is 6.51. The Balaban J connectivity index is 0.952. The van der Waals surface area contributed by atoms with Gasteiger partial charge in [-0.2, -0.15) is 0 Å². The van der Waals surface area contributed by atoms with Crippen molar-refractivity contribution in [1.82, 2.24) is 19.5 Å². The second-order valence-electron chi connectivity index (χ2n) is 16.5. The number of para-hydroxylation sites is 1. The van der Waals surface area contributed by atoms with E-state index in [2.05, 4.69) is 152 Å². The van der Waals surface area contributed by atoms with Crippen LogP contribution in [-0.2, 0) is 0 Å². The maximum atomic E-state index is 6.51. The molecule has 0 aliphatic rings. The van der Waals surface area contributed by atoms with Crippen LogP contribution in [0.15, 0.2) is 211 Å². The first-order chi connectivity index (χ1) is 31.6. The summed E-state index contributed by atoms with van der Waals surface area (Å²) in [6.45, 7) is 4.42. The third-order valence-corrected chi connectivity index (χ3v) is 12.6. The van der Waals surface area contributed by atoms with E-state index in [-0.39, 0.29) is 0 Å². The average molecular weight is 821 g/mol. The lowest BCUT2D eigenvalue weighted by Crippen LogP contribution is -2.00. The summed E-state index contributed by atoms with van der Waals surface area (Å²) in [5, 5.41) is 4.39. The fourth-order valence-electron chi connectivity index (χ4n) is 9.46. The van der Waals surface area contributed by atoms with Crippen molar-refractivity contribution in [2.45, 2.75) is 13.8 Å². The Labute approximate surface area is 370 Å². The molecule has 0 atom stereocenters. The zero-order valence-corrected chi connectivity index (χ0v) is 35.3. The Hall–Kier alpha value is -8.41. The molecule has 12 aromatic rings. The fourth-order valence-corrected chi connectivity index (χ4v) is 9.46. The standard InChI is InChI=1S/C59H40N4O/c1-37-15-9-10-20-45(37)47-23-13-22-46(38(47)2)39-27-31-44(32-28-39)63-52-25-12-11-21-48(52)50-35-42(29-33-53(50)63)43-30-34-54-51(36-43)56-49(24-14-26-55(56)64-54)59-61-57(40-16-5-3-6-17-40)60-58(62-59)41-18-7-4-8-19-41/h3-36H,1-2H3. The molecule has 0 aliphatic heterocycles. The first-order valence-corrected chi connectivity index (χ1v) is 21.7. The Morgan fingerprint density at radius 3 is 1.67 bits per heavy atom. The molecule has 0 spiro atoms. The van der Waals surface area contributed by atoms with Crippen LogP contribution in [0.2, 0.25) is 0 Å². The van der Waals surface area contributed by atoms with Gasteiger partial charge in [-0.05, 0) is 107 Å². The van der Waals surface area contributed by atoms with Gasteiger partial charge in [0, 0.05) is 43.9 Å². The van der Waals surface area contributed by atoms with Crippen LogP contribution in [0.5, 0.6) is 0 Å². The predicted octanol–water partition coefficient (Wildman–Crippen LogP) is 15.5. The number of hydrogen-bond acceptors (Lipinski definition) is 4. The molecule has 0 radical (unpaired) electrons. The van der Waals surface area contributed by atoms with E-state index in [1.165, 1.54) is 49.7 Å². The van der Waals surface area contributed by atoms with Gasteiger partial charge in [-0.3, -0.25) is 0 Å². The van der Waals surface area contributed by atoms with Crippen LogP contribution >= 0.6 is 0 Å². The van der Waals surface area contributed by atoms with Crippen molar-refractivity contribution in [3.05, 3.63) is 217 Å². The second-order valence-corrected chi connectivity index (χ2v) is 16.5. The summed E-state index contributed by atoms with van der Waals surface area (Å²) in [5.41, 5.74) is 17.6. The molecule has 0 aliphatic carbocycles. The number of fused-ring (bicyclic) bond motifs is 6. The Morgan fingerprint density at radius 1 is 0.359 bits per heavy atom. The molecule has 0 amide bonds. The SMILES string of the molecule is Cc1ccccc1-c1cccc(-c2ccc(-n3c4ccccc4c4cc(-c5ccc6oc7cccc(-c8nc(-c9ccccc9)nc(-c9ccccc9)n8)c7c6c5)ccc43)cc2)c1C. The molecular weight excluding hydrogens is 781 g/mol. The molecule has 64 heavy (non-hydrogen) atoms. The van der Waals surface area contributed by atoms with Gasteiger partial charge in [-0.1, -0.05) is 158 Å². The monoisotopic (exact) mass is 820 g/mol. The summed E-state index contributed by atoms with van der Waals surface area (Å²) in [6, 6.07) is 72.6. The van der Waals surface area contributed by atoms with Gasteiger partial charge < -0.3 is 8.98 Å². The van der Waals surface area contributed by atoms with E-state index in [9.17, 15) is 0 Å². The Bertz CT molecular complexity index is 3680. The van der Waals surface area contributed by atoms with E-state index in [4.69, 9.17) is 19.4 Å². The summed E-state index contributed by atoms with van der Waals surface area (Å²) in [6.07, 6.45) is 0. The summed E-state index contributed by atoms with van der Waals surface area (Å²) >= 11 is 0. The zero-order chi connectivity index (χ0) is 42.7. The van der Waals surface area contributed by atoms with E-state index in [1.807, 2.05) is 72.8 Å². The lowest BCUT2D eigenvalue weighted by atomic mass is 9.91. The second kappa shape index (κ2) is 15.2. The summed E-state index contributed by atoms with van der Waals surface area (Å²) in [4.78, 5) is 15.1. The topological polar surface area (TPSA) is 56.7 Å². The molecule has 0 saturated heterocycles. The molecule has 12 rings (SSSR count). The van der Waals surface area contributed by atoms with Crippen LogP contribution in [-0.4, -0.2) is 19.5 Å². The molecule has 0 unspecified atom stereocenters. The summed E-state index contributed by atoms with van der Waals surface area (Å²) in [7, 11) is 0. The molecule has 5 heteroatoms. The van der Waals surface area contributed by atoms with Crippen molar-refractivity contribution in [1.29, 1.82) is 0 Å². The van der Waals surface area contributed by atoms with Gasteiger partial charge in [0.25, 0.3) is 0 Å². The van der Waals surface area contributed by atoms with E-state index in [1.54, 1.807) is 0 Å². The minimum Gasteiger partial charge on any atom is -0.456 e. The maximum Gasteiger partial charge on any atom is 0.164 e. The largest absolute Gasteiger partial charge is 0.456 e. The van der Waals surface area contributed by atoms with Crippen molar-refractivity contribution in [3.8, 4) is 73.2 Å². The van der Waals surface area contributed by atoms with Crippen LogP contribution in [0, 0.1) is 13.8 Å². The van der Waals surface area contributed by atoms with Crippen LogP contribution in [0.1, 0.15) is 11.1 Å². The molecule has 5 nitrogen and oxygen atoms in total. The number of nitrogens with zero attached hydrogens (tertiary/aromatic N) is 4. The minimum absolute atomic E-state index is 0.597. The van der Waals surface area contributed by atoms with Gasteiger partial charge in [0.2, 0.25) is 0 Å². The van der Waals surface area contributed by atoms with E-state index >= 15 is 0 Å². The Morgan fingerprint density at radius 2 is 0.922 bits per heavy atom. The van der Waals surface area contributed by atoms with E-state index < -0.39 is 0 Å². The highest BCUT2D eigenvalue weighted by atomic mass is 16.3. The summed E-state index contributed by atoms with van der Waals surface area (Å²) in [5.74, 6) is 1.84.